The van der Waals surface area contributed by atoms with E-state index in [-0.39, 0.29) is 5.91 Å². The van der Waals surface area contributed by atoms with Gasteiger partial charge in [0.05, 0.1) is 5.60 Å². The van der Waals surface area contributed by atoms with E-state index < -0.39 is 5.60 Å². The second kappa shape index (κ2) is 8.07. The molecule has 0 aliphatic heterocycles. The first-order valence-corrected chi connectivity index (χ1v) is 7.04. The minimum atomic E-state index is -0.792. The molecule has 0 heterocycles. The fourth-order valence-electron chi connectivity index (χ4n) is 1.71. The zero-order valence-corrected chi connectivity index (χ0v) is 12.1. The fourth-order valence-corrected chi connectivity index (χ4v) is 2.11. The van der Waals surface area contributed by atoms with Crippen LogP contribution in [0.15, 0.2) is 0 Å². The predicted molar refractivity (Wildman–Crippen MR) is 70.7 cm³/mol. The Labute approximate surface area is 107 Å². The maximum Gasteiger partial charge on any atom is 0.220 e. The number of hydrogen-bond donors (Lipinski definition) is 2. The molecule has 96 valence electrons. The molecule has 0 aliphatic carbocycles. The summed E-state index contributed by atoms with van der Waals surface area (Å²) in [6.07, 6.45) is 3.15. The predicted octanol–water partition coefficient (Wildman–Crippen LogP) is 2.46. The van der Waals surface area contributed by atoms with Gasteiger partial charge in [0.1, 0.15) is 0 Å². The van der Waals surface area contributed by atoms with Crippen molar-refractivity contribution in [3.8, 4) is 0 Å². The second-order valence-electron chi connectivity index (χ2n) is 5.02. The Kier molecular flexibility index (Phi) is 8.02. The SMILES string of the molecule is CC(C)CC(C)(O)CNC(=O)CCCCBr. The molecule has 0 aromatic heterocycles. The summed E-state index contributed by atoms with van der Waals surface area (Å²) in [4.78, 5) is 11.4. The minimum Gasteiger partial charge on any atom is -0.388 e. The van der Waals surface area contributed by atoms with Gasteiger partial charge in [0.25, 0.3) is 0 Å². The fraction of sp³-hybridized carbons (Fsp3) is 0.917. The molecule has 1 atom stereocenters. The number of amides is 1. The summed E-state index contributed by atoms with van der Waals surface area (Å²) in [5.74, 6) is 0.463. The first-order valence-electron chi connectivity index (χ1n) is 5.92. The van der Waals surface area contributed by atoms with E-state index in [0.29, 0.717) is 25.3 Å². The molecule has 0 saturated heterocycles. The molecule has 1 amide bonds. The number of aliphatic hydroxyl groups is 1. The summed E-state index contributed by atoms with van der Waals surface area (Å²) in [6.45, 7) is 6.24. The largest absolute Gasteiger partial charge is 0.388 e. The highest BCUT2D eigenvalue weighted by Gasteiger charge is 2.22. The number of hydrogen-bond acceptors (Lipinski definition) is 2. The van der Waals surface area contributed by atoms with Crippen molar-refractivity contribution in [2.75, 3.05) is 11.9 Å². The smallest absolute Gasteiger partial charge is 0.220 e. The zero-order valence-electron chi connectivity index (χ0n) is 10.6. The molecule has 0 aromatic carbocycles. The second-order valence-corrected chi connectivity index (χ2v) is 5.81. The first-order chi connectivity index (χ1) is 7.37. The van der Waals surface area contributed by atoms with Crippen molar-refractivity contribution >= 4 is 21.8 Å². The van der Waals surface area contributed by atoms with Gasteiger partial charge in [-0.25, -0.2) is 0 Å². The molecule has 0 fully saturated rings. The van der Waals surface area contributed by atoms with Crippen LogP contribution in [-0.4, -0.2) is 28.5 Å². The highest BCUT2D eigenvalue weighted by atomic mass is 79.9. The van der Waals surface area contributed by atoms with Crippen LogP contribution >= 0.6 is 15.9 Å². The third-order valence-electron chi connectivity index (χ3n) is 2.30. The van der Waals surface area contributed by atoms with Crippen LogP contribution in [0, 0.1) is 5.92 Å². The van der Waals surface area contributed by atoms with Crippen molar-refractivity contribution in [3.05, 3.63) is 0 Å². The normalized spacial score (nSPS) is 14.9. The van der Waals surface area contributed by atoms with E-state index >= 15 is 0 Å². The average Bonchev–Trinajstić information content (AvgIpc) is 2.13. The Morgan fingerprint density at radius 2 is 2.06 bits per heavy atom. The van der Waals surface area contributed by atoms with Crippen molar-refractivity contribution in [2.45, 2.75) is 52.1 Å². The maximum absolute atomic E-state index is 11.4. The van der Waals surface area contributed by atoms with E-state index in [1.807, 2.05) is 0 Å². The number of carbonyl (C=O) groups excluding carboxylic acids is 1. The summed E-state index contributed by atoms with van der Waals surface area (Å²) in [7, 11) is 0. The number of rotatable bonds is 8. The molecule has 1 unspecified atom stereocenters. The third kappa shape index (κ3) is 9.16. The van der Waals surface area contributed by atoms with Gasteiger partial charge in [-0.2, -0.15) is 0 Å². The Balaban J connectivity index is 3.72. The summed E-state index contributed by atoms with van der Waals surface area (Å²) < 4.78 is 0. The number of halogens is 1. The van der Waals surface area contributed by atoms with Crippen LogP contribution in [0.5, 0.6) is 0 Å². The van der Waals surface area contributed by atoms with E-state index in [2.05, 4.69) is 35.1 Å². The lowest BCUT2D eigenvalue weighted by Crippen LogP contribution is -2.41. The van der Waals surface area contributed by atoms with Crippen molar-refractivity contribution in [1.29, 1.82) is 0 Å². The van der Waals surface area contributed by atoms with Crippen LogP contribution in [-0.2, 0) is 4.79 Å². The molecular formula is C12H24BrNO2. The van der Waals surface area contributed by atoms with Gasteiger partial charge in [-0.3, -0.25) is 4.79 Å². The van der Waals surface area contributed by atoms with Gasteiger partial charge in [-0.1, -0.05) is 29.8 Å². The number of nitrogens with one attached hydrogen (secondary N) is 1. The molecule has 0 aromatic rings. The van der Waals surface area contributed by atoms with Crippen LogP contribution in [0.4, 0.5) is 0 Å². The van der Waals surface area contributed by atoms with Gasteiger partial charge in [-0.05, 0) is 32.1 Å². The van der Waals surface area contributed by atoms with Gasteiger partial charge >= 0.3 is 0 Å². The molecule has 0 spiro atoms. The Bertz CT molecular complexity index is 205. The molecule has 0 radical (unpaired) electrons. The first kappa shape index (κ1) is 15.9. The molecule has 3 nitrogen and oxygen atoms in total. The highest BCUT2D eigenvalue weighted by Crippen LogP contribution is 2.15. The van der Waals surface area contributed by atoms with Gasteiger partial charge < -0.3 is 10.4 Å². The van der Waals surface area contributed by atoms with Gasteiger partial charge in [-0.15, -0.1) is 0 Å². The quantitative estimate of drug-likeness (QED) is 0.534. The summed E-state index contributed by atoms with van der Waals surface area (Å²) in [5, 5.41) is 13.7. The van der Waals surface area contributed by atoms with Gasteiger partial charge in [0.2, 0.25) is 5.91 Å². The maximum atomic E-state index is 11.4. The Morgan fingerprint density at radius 1 is 1.44 bits per heavy atom. The monoisotopic (exact) mass is 293 g/mol. The number of carbonyl (C=O) groups is 1. The van der Waals surface area contributed by atoms with Crippen LogP contribution < -0.4 is 5.32 Å². The van der Waals surface area contributed by atoms with Crippen LogP contribution in [0.3, 0.4) is 0 Å². The number of unbranched alkanes of at least 4 members (excludes halogenated alkanes) is 1. The van der Waals surface area contributed by atoms with E-state index in [0.717, 1.165) is 18.2 Å². The Hall–Kier alpha value is -0.0900. The molecular weight excluding hydrogens is 270 g/mol. The topological polar surface area (TPSA) is 49.3 Å². The van der Waals surface area contributed by atoms with Crippen molar-refractivity contribution in [2.24, 2.45) is 5.92 Å². The molecule has 16 heavy (non-hydrogen) atoms. The van der Waals surface area contributed by atoms with E-state index in [9.17, 15) is 9.90 Å². The van der Waals surface area contributed by atoms with Crippen molar-refractivity contribution < 1.29 is 9.90 Å². The summed E-state index contributed by atoms with van der Waals surface area (Å²) in [6, 6.07) is 0. The zero-order chi connectivity index (χ0) is 12.6. The molecule has 4 heteroatoms. The number of alkyl halides is 1. The summed E-state index contributed by atoms with van der Waals surface area (Å²) >= 11 is 3.33. The van der Waals surface area contributed by atoms with E-state index in [1.54, 1.807) is 6.92 Å². The van der Waals surface area contributed by atoms with Gasteiger partial charge in [0, 0.05) is 18.3 Å². The molecule has 0 saturated carbocycles. The Morgan fingerprint density at radius 3 is 2.56 bits per heavy atom. The van der Waals surface area contributed by atoms with Crippen molar-refractivity contribution in [3.63, 3.8) is 0 Å². The highest BCUT2D eigenvalue weighted by molar-refractivity contribution is 9.09. The minimum absolute atomic E-state index is 0.0324. The summed E-state index contributed by atoms with van der Waals surface area (Å²) in [5.41, 5.74) is -0.792. The molecule has 0 aliphatic rings. The lowest BCUT2D eigenvalue weighted by atomic mass is 9.94. The van der Waals surface area contributed by atoms with Gasteiger partial charge in [0.15, 0.2) is 0 Å². The standard InChI is InChI=1S/C12H24BrNO2/c1-10(2)8-12(3,16)9-14-11(15)6-4-5-7-13/h10,16H,4-9H2,1-3H3,(H,14,15). The molecule has 2 N–H and O–H groups in total. The van der Waals surface area contributed by atoms with Crippen LogP contribution in [0.2, 0.25) is 0 Å². The third-order valence-corrected chi connectivity index (χ3v) is 2.86. The van der Waals surface area contributed by atoms with Crippen LogP contribution in [0.1, 0.15) is 46.5 Å². The van der Waals surface area contributed by atoms with Crippen LogP contribution in [0.25, 0.3) is 0 Å². The molecule has 0 bridgehead atoms. The van der Waals surface area contributed by atoms with E-state index in [1.165, 1.54) is 0 Å². The lowest BCUT2D eigenvalue weighted by Gasteiger charge is -2.25. The lowest BCUT2D eigenvalue weighted by molar-refractivity contribution is -0.122. The van der Waals surface area contributed by atoms with Crippen molar-refractivity contribution in [1.82, 2.24) is 5.32 Å². The average molecular weight is 294 g/mol. The van der Waals surface area contributed by atoms with E-state index in [4.69, 9.17) is 0 Å². The molecule has 0 rings (SSSR count).